The molecule has 1 amide bonds. The molecule has 0 spiro atoms. The Kier molecular flexibility index (Phi) is 5.32. The largest absolute Gasteiger partial charge is 0.416 e. The van der Waals surface area contributed by atoms with Gasteiger partial charge in [0.25, 0.3) is 5.91 Å². The van der Waals surface area contributed by atoms with Crippen LogP contribution in [0, 0.1) is 5.82 Å². The van der Waals surface area contributed by atoms with Gasteiger partial charge in [0.05, 0.1) is 17.8 Å². The highest BCUT2D eigenvalue weighted by Crippen LogP contribution is 2.32. The summed E-state index contributed by atoms with van der Waals surface area (Å²) in [5, 5.41) is 6.30. The van der Waals surface area contributed by atoms with E-state index < -0.39 is 29.5 Å². The normalized spacial score (nSPS) is 12.6. The first kappa shape index (κ1) is 19.7. The number of nitrogens with zero attached hydrogens (tertiary/aromatic N) is 4. The van der Waals surface area contributed by atoms with E-state index in [0.717, 1.165) is 18.3 Å². The van der Waals surface area contributed by atoms with Crippen LogP contribution in [0.4, 0.5) is 17.6 Å². The van der Waals surface area contributed by atoms with Gasteiger partial charge >= 0.3 is 6.18 Å². The minimum absolute atomic E-state index is 0.216. The maximum absolute atomic E-state index is 13.0. The van der Waals surface area contributed by atoms with Gasteiger partial charge in [-0.15, -0.1) is 0 Å². The Hall–Kier alpha value is -3.01. The smallest absolute Gasteiger partial charge is 0.342 e. The lowest BCUT2D eigenvalue weighted by Crippen LogP contribution is -2.29. The third kappa shape index (κ3) is 4.28. The number of aromatic nitrogens is 4. The fourth-order valence-electron chi connectivity index (χ4n) is 2.44. The molecule has 1 unspecified atom stereocenters. The predicted octanol–water partition coefficient (Wildman–Crippen LogP) is 3.96. The highest BCUT2D eigenvalue weighted by molar-refractivity contribution is 6.31. The van der Waals surface area contributed by atoms with E-state index in [9.17, 15) is 22.4 Å². The molecule has 2 aromatic heterocycles. The van der Waals surface area contributed by atoms with Gasteiger partial charge in [-0.2, -0.15) is 23.0 Å². The molecule has 2 heterocycles. The maximum atomic E-state index is 13.0. The second-order valence-electron chi connectivity index (χ2n) is 5.79. The highest BCUT2D eigenvalue weighted by atomic mass is 35.5. The summed E-state index contributed by atoms with van der Waals surface area (Å²) in [5.74, 6) is -0.794. The van der Waals surface area contributed by atoms with Crippen LogP contribution in [0.3, 0.4) is 0 Å². The SMILES string of the molecule is CC(NC(=O)c1cc(Cl)cc(C(F)(F)F)c1)c1ncnn1-c1ccc(F)cn1. The van der Waals surface area contributed by atoms with Crippen molar-refractivity contribution in [3.8, 4) is 5.82 Å². The van der Waals surface area contributed by atoms with Crippen molar-refractivity contribution < 1.29 is 22.4 Å². The molecule has 0 saturated carbocycles. The lowest BCUT2D eigenvalue weighted by Gasteiger charge is -2.15. The molecule has 3 rings (SSSR count). The van der Waals surface area contributed by atoms with Crippen LogP contribution in [0.2, 0.25) is 5.02 Å². The molecule has 1 aromatic carbocycles. The van der Waals surface area contributed by atoms with E-state index in [-0.39, 0.29) is 22.2 Å². The first-order valence-electron chi connectivity index (χ1n) is 7.85. The summed E-state index contributed by atoms with van der Waals surface area (Å²) in [4.78, 5) is 20.3. The van der Waals surface area contributed by atoms with E-state index in [4.69, 9.17) is 11.6 Å². The summed E-state index contributed by atoms with van der Waals surface area (Å²) < 4.78 is 53.1. The van der Waals surface area contributed by atoms with Crippen LogP contribution in [0.15, 0.2) is 42.9 Å². The van der Waals surface area contributed by atoms with Gasteiger partial charge in [-0.25, -0.2) is 14.4 Å². The molecule has 0 bridgehead atoms. The summed E-state index contributed by atoms with van der Waals surface area (Å²) in [6.45, 7) is 1.57. The highest BCUT2D eigenvalue weighted by Gasteiger charge is 2.32. The predicted molar refractivity (Wildman–Crippen MR) is 91.4 cm³/mol. The van der Waals surface area contributed by atoms with Crippen LogP contribution in [-0.4, -0.2) is 25.7 Å². The molecule has 11 heteroatoms. The second-order valence-corrected chi connectivity index (χ2v) is 6.22. The number of pyridine rings is 1. The average Bonchev–Trinajstić information content (AvgIpc) is 3.11. The average molecular weight is 414 g/mol. The molecule has 0 radical (unpaired) electrons. The summed E-state index contributed by atoms with van der Waals surface area (Å²) >= 11 is 5.71. The molecule has 6 nitrogen and oxygen atoms in total. The molecular weight excluding hydrogens is 402 g/mol. The summed E-state index contributed by atoms with van der Waals surface area (Å²) in [6, 6.07) is 4.38. The molecule has 1 N–H and O–H groups in total. The quantitative estimate of drug-likeness (QED) is 0.657. The van der Waals surface area contributed by atoms with E-state index >= 15 is 0 Å². The van der Waals surface area contributed by atoms with Crippen LogP contribution in [-0.2, 0) is 6.18 Å². The van der Waals surface area contributed by atoms with Crippen molar-refractivity contribution in [3.05, 3.63) is 70.6 Å². The fraction of sp³-hybridized carbons (Fsp3) is 0.176. The third-order valence-corrected chi connectivity index (χ3v) is 3.94. The molecular formula is C17H12ClF4N5O. The third-order valence-electron chi connectivity index (χ3n) is 3.73. The van der Waals surface area contributed by atoms with E-state index in [1.165, 1.54) is 23.1 Å². The second kappa shape index (κ2) is 7.55. The van der Waals surface area contributed by atoms with Crippen molar-refractivity contribution in [1.29, 1.82) is 0 Å². The molecule has 28 heavy (non-hydrogen) atoms. The van der Waals surface area contributed by atoms with E-state index in [1.807, 2.05) is 0 Å². The molecule has 146 valence electrons. The van der Waals surface area contributed by atoms with Gasteiger partial charge < -0.3 is 5.32 Å². The number of nitrogens with one attached hydrogen (secondary N) is 1. The Morgan fingerprint density at radius 1 is 1.21 bits per heavy atom. The summed E-state index contributed by atoms with van der Waals surface area (Å²) in [6.07, 6.45) is -2.43. The number of benzene rings is 1. The first-order valence-corrected chi connectivity index (χ1v) is 8.23. The molecule has 0 aliphatic rings. The molecule has 0 saturated heterocycles. The van der Waals surface area contributed by atoms with Crippen molar-refractivity contribution >= 4 is 17.5 Å². The molecule has 0 fully saturated rings. The first-order chi connectivity index (χ1) is 13.1. The zero-order valence-corrected chi connectivity index (χ0v) is 15.0. The van der Waals surface area contributed by atoms with Crippen LogP contribution in [0.1, 0.15) is 34.7 Å². The van der Waals surface area contributed by atoms with Crippen molar-refractivity contribution in [2.75, 3.05) is 0 Å². The number of rotatable bonds is 4. The standard InChI is InChI=1S/C17H12ClF4N5O/c1-9(15-24-8-25-27(15)14-3-2-13(19)7-23-14)26-16(28)10-4-11(17(20,21)22)6-12(18)5-10/h2-9H,1H3,(H,26,28). The molecule has 3 aromatic rings. The summed E-state index contributed by atoms with van der Waals surface area (Å²) in [5.41, 5.74) is -1.28. The maximum Gasteiger partial charge on any atom is 0.416 e. The topological polar surface area (TPSA) is 72.7 Å². The van der Waals surface area contributed by atoms with Gasteiger partial charge in [0.15, 0.2) is 11.6 Å². The molecule has 0 aliphatic carbocycles. The lowest BCUT2D eigenvalue weighted by molar-refractivity contribution is -0.137. The Balaban J connectivity index is 1.84. The zero-order valence-electron chi connectivity index (χ0n) is 14.2. The minimum Gasteiger partial charge on any atom is -0.342 e. The fourth-order valence-corrected chi connectivity index (χ4v) is 2.68. The Bertz CT molecular complexity index is 1000. The van der Waals surface area contributed by atoms with Crippen LogP contribution in [0.5, 0.6) is 0 Å². The minimum atomic E-state index is -4.64. The Labute approximate surface area is 161 Å². The number of halogens is 5. The van der Waals surface area contributed by atoms with Gasteiger partial charge in [-0.1, -0.05) is 11.6 Å². The number of amides is 1. The van der Waals surface area contributed by atoms with Gasteiger partial charge in [-0.05, 0) is 37.3 Å². The van der Waals surface area contributed by atoms with Crippen LogP contribution >= 0.6 is 11.6 Å². The Morgan fingerprint density at radius 3 is 2.61 bits per heavy atom. The monoisotopic (exact) mass is 413 g/mol. The molecule has 1 atom stereocenters. The number of carbonyl (C=O) groups excluding carboxylic acids is 1. The van der Waals surface area contributed by atoms with Crippen LogP contribution < -0.4 is 5.32 Å². The molecule has 0 aliphatic heterocycles. The Morgan fingerprint density at radius 2 is 1.96 bits per heavy atom. The van der Waals surface area contributed by atoms with Crippen molar-refractivity contribution in [3.63, 3.8) is 0 Å². The van der Waals surface area contributed by atoms with Crippen molar-refractivity contribution in [1.82, 2.24) is 25.1 Å². The van der Waals surface area contributed by atoms with Crippen molar-refractivity contribution in [2.24, 2.45) is 0 Å². The van der Waals surface area contributed by atoms with Gasteiger partial charge in [0.2, 0.25) is 0 Å². The number of hydrogen-bond donors (Lipinski definition) is 1. The number of alkyl halides is 3. The van der Waals surface area contributed by atoms with Gasteiger partial charge in [-0.3, -0.25) is 4.79 Å². The number of hydrogen-bond acceptors (Lipinski definition) is 4. The zero-order chi connectivity index (χ0) is 20.5. The van der Waals surface area contributed by atoms with Crippen molar-refractivity contribution in [2.45, 2.75) is 19.1 Å². The van der Waals surface area contributed by atoms with E-state index in [0.29, 0.717) is 6.07 Å². The van der Waals surface area contributed by atoms with Gasteiger partial charge in [0.1, 0.15) is 12.1 Å². The van der Waals surface area contributed by atoms with E-state index in [1.54, 1.807) is 6.92 Å². The number of carbonyl (C=O) groups is 1. The van der Waals surface area contributed by atoms with Crippen LogP contribution in [0.25, 0.3) is 5.82 Å². The van der Waals surface area contributed by atoms with Gasteiger partial charge in [0, 0.05) is 10.6 Å². The lowest BCUT2D eigenvalue weighted by atomic mass is 10.1. The van der Waals surface area contributed by atoms with E-state index in [2.05, 4.69) is 20.4 Å². The summed E-state index contributed by atoms with van der Waals surface area (Å²) in [7, 11) is 0.